The minimum absolute atomic E-state index is 0.0993. The Balaban J connectivity index is 2.26. The number of nitrogens with zero attached hydrogens (tertiary/aromatic N) is 1. The molecule has 2 aromatic rings. The van der Waals surface area contributed by atoms with E-state index in [1.807, 2.05) is 0 Å². The van der Waals surface area contributed by atoms with E-state index in [1.54, 1.807) is 6.07 Å². The van der Waals surface area contributed by atoms with E-state index >= 15 is 0 Å². The first-order valence-corrected chi connectivity index (χ1v) is 5.04. The monoisotopic (exact) mass is 249 g/mol. The number of hydrogen-bond donors (Lipinski definition) is 1. The molecule has 0 fully saturated rings. The molecule has 0 aliphatic carbocycles. The molecular formula is C9H6F3NO2S. The van der Waals surface area contributed by atoms with E-state index in [-0.39, 0.29) is 10.6 Å². The highest BCUT2D eigenvalue weighted by Gasteiger charge is 2.35. The highest BCUT2D eigenvalue weighted by Crippen LogP contribution is 2.35. The van der Waals surface area contributed by atoms with Crippen molar-refractivity contribution in [1.82, 2.24) is 4.98 Å². The average molecular weight is 249 g/mol. The Morgan fingerprint density at radius 3 is 2.69 bits per heavy atom. The molecule has 0 saturated heterocycles. The maximum absolute atomic E-state index is 12.2. The Kier molecular flexibility index (Phi) is 2.73. The Morgan fingerprint density at radius 2 is 2.19 bits per heavy atom. The molecule has 16 heavy (non-hydrogen) atoms. The third-order valence-electron chi connectivity index (χ3n) is 1.85. The van der Waals surface area contributed by atoms with Crippen molar-refractivity contribution in [3.05, 3.63) is 40.2 Å². The van der Waals surface area contributed by atoms with Gasteiger partial charge in [0, 0.05) is 6.20 Å². The van der Waals surface area contributed by atoms with Crippen molar-refractivity contribution in [3.63, 3.8) is 0 Å². The zero-order valence-corrected chi connectivity index (χ0v) is 8.55. The van der Waals surface area contributed by atoms with Crippen molar-refractivity contribution in [1.29, 1.82) is 0 Å². The Labute approximate surface area is 92.2 Å². The van der Waals surface area contributed by atoms with Crippen molar-refractivity contribution in [2.24, 2.45) is 0 Å². The second kappa shape index (κ2) is 3.91. The molecule has 2 aromatic heterocycles. The van der Waals surface area contributed by atoms with Gasteiger partial charge in [-0.15, -0.1) is 11.3 Å². The van der Waals surface area contributed by atoms with Crippen molar-refractivity contribution in [2.45, 2.75) is 12.3 Å². The van der Waals surface area contributed by atoms with Crippen LogP contribution in [-0.4, -0.2) is 10.1 Å². The fourth-order valence-electron chi connectivity index (χ4n) is 1.13. The lowest BCUT2D eigenvalue weighted by atomic mass is 10.2. The lowest BCUT2D eigenvalue weighted by Gasteiger charge is -2.03. The largest absolute Gasteiger partial charge is 0.466 e. The maximum atomic E-state index is 12.2. The predicted octanol–water partition coefficient (Wildman–Crippen LogP) is 2.84. The van der Waals surface area contributed by atoms with E-state index in [9.17, 15) is 18.3 Å². The smallest absolute Gasteiger partial charge is 0.443 e. The molecule has 1 unspecified atom stereocenters. The molecule has 7 heteroatoms. The minimum atomic E-state index is -4.48. The van der Waals surface area contributed by atoms with Crippen molar-refractivity contribution >= 4 is 11.3 Å². The van der Waals surface area contributed by atoms with E-state index in [4.69, 9.17) is 4.42 Å². The van der Waals surface area contributed by atoms with E-state index in [2.05, 4.69) is 4.98 Å². The summed E-state index contributed by atoms with van der Waals surface area (Å²) in [6, 6.07) is 3.03. The highest BCUT2D eigenvalue weighted by molar-refractivity contribution is 7.11. The van der Waals surface area contributed by atoms with Crippen LogP contribution < -0.4 is 0 Å². The summed E-state index contributed by atoms with van der Waals surface area (Å²) in [7, 11) is 0. The second-order valence-electron chi connectivity index (χ2n) is 2.98. The molecule has 0 aromatic carbocycles. The van der Waals surface area contributed by atoms with Crippen LogP contribution in [0.4, 0.5) is 13.2 Å². The third kappa shape index (κ3) is 2.10. The second-order valence-corrected chi connectivity index (χ2v) is 4.05. The number of aliphatic hydroxyl groups is 1. The molecule has 3 nitrogen and oxygen atoms in total. The molecule has 2 heterocycles. The topological polar surface area (TPSA) is 46.3 Å². The molecular weight excluding hydrogens is 243 g/mol. The minimum Gasteiger partial charge on any atom is -0.466 e. The predicted molar refractivity (Wildman–Crippen MR) is 49.9 cm³/mol. The summed E-state index contributed by atoms with van der Waals surface area (Å²) < 4.78 is 41.6. The molecule has 0 bridgehead atoms. The van der Waals surface area contributed by atoms with Crippen LogP contribution >= 0.6 is 11.3 Å². The summed E-state index contributed by atoms with van der Waals surface area (Å²) in [5, 5.41) is 8.69. The summed E-state index contributed by atoms with van der Waals surface area (Å²) in [4.78, 5) is 3.31. The Hall–Kier alpha value is -1.34. The first kappa shape index (κ1) is 11.2. The first-order valence-electron chi connectivity index (χ1n) is 4.23. The zero-order chi connectivity index (χ0) is 11.8. The van der Waals surface area contributed by atoms with Crippen LogP contribution in [0.25, 0.3) is 0 Å². The van der Waals surface area contributed by atoms with E-state index < -0.39 is 17.3 Å². The number of furan rings is 1. The van der Waals surface area contributed by atoms with Crippen molar-refractivity contribution in [2.75, 3.05) is 0 Å². The number of alkyl halides is 3. The normalized spacial score (nSPS) is 14.0. The van der Waals surface area contributed by atoms with Gasteiger partial charge in [0.25, 0.3) is 0 Å². The van der Waals surface area contributed by atoms with E-state index in [0.717, 1.165) is 6.20 Å². The lowest BCUT2D eigenvalue weighted by molar-refractivity contribution is -0.137. The van der Waals surface area contributed by atoms with Crippen molar-refractivity contribution < 1.29 is 22.7 Å². The highest BCUT2D eigenvalue weighted by atomic mass is 32.1. The van der Waals surface area contributed by atoms with Crippen LogP contribution in [0.3, 0.4) is 0 Å². The van der Waals surface area contributed by atoms with Gasteiger partial charge >= 0.3 is 6.18 Å². The van der Waals surface area contributed by atoms with Gasteiger partial charge in [0.15, 0.2) is 5.01 Å². The van der Waals surface area contributed by atoms with Crippen LogP contribution in [0.5, 0.6) is 0 Å². The Morgan fingerprint density at radius 1 is 1.44 bits per heavy atom. The van der Waals surface area contributed by atoms with Gasteiger partial charge in [-0.25, -0.2) is 4.98 Å². The number of halogens is 3. The van der Waals surface area contributed by atoms with Gasteiger partial charge < -0.3 is 9.52 Å². The number of aromatic nitrogens is 1. The summed E-state index contributed by atoms with van der Waals surface area (Å²) >= 11 is 0.400. The van der Waals surface area contributed by atoms with Gasteiger partial charge in [-0.2, -0.15) is 13.2 Å². The molecule has 1 N–H and O–H groups in total. The summed E-state index contributed by atoms with van der Waals surface area (Å²) in [6.45, 7) is 0. The molecule has 0 aliphatic rings. The number of rotatable bonds is 2. The first-order chi connectivity index (χ1) is 7.48. The fourth-order valence-corrected chi connectivity index (χ4v) is 1.91. The van der Waals surface area contributed by atoms with Gasteiger partial charge in [0.1, 0.15) is 11.9 Å². The van der Waals surface area contributed by atoms with Crippen LogP contribution in [-0.2, 0) is 6.18 Å². The fraction of sp³-hybridized carbons (Fsp3) is 0.222. The molecule has 0 aliphatic heterocycles. The third-order valence-corrected chi connectivity index (χ3v) is 2.94. The van der Waals surface area contributed by atoms with Crippen molar-refractivity contribution in [3.8, 4) is 0 Å². The molecule has 0 spiro atoms. The molecule has 0 saturated carbocycles. The summed E-state index contributed by atoms with van der Waals surface area (Å²) in [6.07, 6.45) is -3.35. The lowest BCUT2D eigenvalue weighted by Crippen LogP contribution is -2.03. The maximum Gasteiger partial charge on any atom is 0.443 e. The molecule has 0 radical (unpaired) electrons. The van der Waals surface area contributed by atoms with Crippen LogP contribution in [0.1, 0.15) is 21.7 Å². The molecule has 2 rings (SSSR count). The van der Waals surface area contributed by atoms with Crippen LogP contribution in [0.15, 0.2) is 29.0 Å². The van der Waals surface area contributed by atoms with Gasteiger partial charge in [0.2, 0.25) is 0 Å². The average Bonchev–Trinajstić information content (AvgIpc) is 2.87. The number of thiazole rings is 1. The molecule has 0 amide bonds. The van der Waals surface area contributed by atoms with Gasteiger partial charge in [0.05, 0.1) is 11.1 Å². The van der Waals surface area contributed by atoms with Crippen LogP contribution in [0.2, 0.25) is 0 Å². The molecule has 86 valence electrons. The quantitative estimate of drug-likeness (QED) is 0.890. The van der Waals surface area contributed by atoms with Gasteiger partial charge in [-0.3, -0.25) is 0 Å². The number of aliphatic hydroxyl groups excluding tert-OH is 1. The SMILES string of the molecule is OC(c1ccco1)c1cnc(C(F)(F)F)s1. The van der Waals surface area contributed by atoms with Crippen LogP contribution in [0, 0.1) is 0 Å². The summed E-state index contributed by atoms with van der Waals surface area (Å²) in [5.41, 5.74) is 0. The molecule has 1 atom stereocenters. The van der Waals surface area contributed by atoms with Gasteiger partial charge in [-0.05, 0) is 12.1 Å². The number of hydrogen-bond acceptors (Lipinski definition) is 4. The van der Waals surface area contributed by atoms with E-state index in [0.29, 0.717) is 11.3 Å². The van der Waals surface area contributed by atoms with Gasteiger partial charge in [-0.1, -0.05) is 0 Å². The Bertz CT molecular complexity index is 463. The zero-order valence-electron chi connectivity index (χ0n) is 7.73. The summed E-state index contributed by atoms with van der Waals surface area (Å²) in [5.74, 6) is 0.192. The van der Waals surface area contributed by atoms with E-state index in [1.165, 1.54) is 12.3 Å². The standard InChI is InChI=1S/C9H6F3NO2S/c10-9(11,12)8-13-4-6(16-8)7(14)5-2-1-3-15-5/h1-4,7,14H.